The number of halogens is 1. The van der Waals surface area contributed by atoms with E-state index in [4.69, 9.17) is 11.6 Å². The molecule has 0 aromatic carbocycles. The van der Waals surface area contributed by atoms with E-state index < -0.39 is 11.6 Å². The van der Waals surface area contributed by atoms with Crippen LogP contribution in [0.25, 0.3) is 0 Å². The van der Waals surface area contributed by atoms with Crippen molar-refractivity contribution in [3.8, 4) is 0 Å². The van der Waals surface area contributed by atoms with Crippen molar-refractivity contribution in [2.24, 2.45) is 0 Å². The van der Waals surface area contributed by atoms with Crippen LogP contribution < -0.4 is 5.32 Å². The molecular formula is C10H16ClN3O. The molecule has 0 radical (unpaired) electrons. The lowest BCUT2D eigenvalue weighted by molar-refractivity contribution is 0.133. The Hall–Kier alpha value is -0.870. The van der Waals surface area contributed by atoms with E-state index in [0.29, 0.717) is 16.8 Å². The summed E-state index contributed by atoms with van der Waals surface area (Å²) in [5.41, 5.74) is -0.454. The summed E-state index contributed by atoms with van der Waals surface area (Å²) in [5, 5.41) is 13.0. The van der Waals surface area contributed by atoms with Crippen LogP contribution in [0.3, 0.4) is 0 Å². The molecule has 0 amide bonds. The van der Waals surface area contributed by atoms with Crippen molar-refractivity contribution in [2.45, 2.75) is 39.3 Å². The minimum Gasteiger partial charge on any atom is -0.391 e. The lowest BCUT2D eigenvalue weighted by Gasteiger charge is -2.29. The maximum Gasteiger partial charge on any atom is 0.134 e. The molecule has 1 aromatic heterocycles. The van der Waals surface area contributed by atoms with Gasteiger partial charge in [-0.15, -0.1) is 0 Å². The zero-order valence-electron chi connectivity index (χ0n) is 9.37. The standard InChI is InChI=1S/C10H16ClN3O/c1-6(15)10(3,4)14-9-5-8(11)12-7(2)13-9/h5-6,15H,1-4H3,(H,12,13,14). The normalized spacial score (nSPS) is 13.7. The van der Waals surface area contributed by atoms with Gasteiger partial charge in [-0.1, -0.05) is 11.6 Å². The number of nitrogens with one attached hydrogen (secondary N) is 1. The molecular weight excluding hydrogens is 214 g/mol. The van der Waals surface area contributed by atoms with Crippen LogP contribution in [0.2, 0.25) is 5.15 Å². The number of aliphatic hydroxyl groups excluding tert-OH is 1. The third kappa shape index (κ3) is 3.32. The van der Waals surface area contributed by atoms with Crippen LogP contribution in [0, 0.1) is 6.92 Å². The van der Waals surface area contributed by atoms with Gasteiger partial charge in [0.25, 0.3) is 0 Å². The number of nitrogens with zero attached hydrogens (tertiary/aromatic N) is 2. The molecule has 0 aliphatic carbocycles. The zero-order chi connectivity index (χ0) is 11.6. The maximum absolute atomic E-state index is 9.54. The van der Waals surface area contributed by atoms with Crippen LogP contribution in [0.4, 0.5) is 5.82 Å². The van der Waals surface area contributed by atoms with Gasteiger partial charge in [0.1, 0.15) is 16.8 Å². The summed E-state index contributed by atoms with van der Waals surface area (Å²) in [6.45, 7) is 7.28. The van der Waals surface area contributed by atoms with E-state index in [1.54, 1.807) is 19.9 Å². The molecule has 1 rings (SSSR count). The number of hydrogen-bond acceptors (Lipinski definition) is 4. The number of aromatic nitrogens is 2. The number of aryl methyl sites for hydroxylation is 1. The summed E-state index contributed by atoms with van der Waals surface area (Å²) in [7, 11) is 0. The average molecular weight is 230 g/mol. The van der Waals surface area contributed by atoms with Crippen molar-refractivity contribution in [3.05, 3.63) is 17.0 Å². The van der Waals surface area contributed by atoms with Crippen molar-refractivity contribution in [2.75, 3.05) is 5.32 Å². The van der Waals surface area contributed by atoms with E-state index in [1.165, 1.54) is 0 Å². The fourth-order valence-corrected chi connectivity index (χ4v) is 1.26. The first-order valence-electron chi connectivity index (χ1n) is 4.78. The second-order valence-electron chi connectivity index (χ2n) is 4.15. The Morgan fingerprint density at radius 2 is 2.07 bits per heavy atom. The Morgan fingerprint density at radius 1 is 1.47 bits per heavy atom. The highest BCUT2D eigenvalue weighted by Gasteiger charge is 2.24. The summed E-state index contributed by atoms with van der Waals surface area (Å²) in [5.74, 6) is 1.23. The van der Waals surface area contributed by atoms with Crippen LogP contribution in [-0.4, -0.2) is 26.7 Å². The van der Waals surface area contributed by atoms with Gasteiger partial charge < -0.3 is 10.4 Å². The lowest BCUT2D eigenvalue weighted by atomic mass is 9.99. The average Bonchev–Trinajstić information content (AvgIpc) is 1.99. The third-order valence-corrected chi connectivity index (χ3v) is 2.49. The summed E-state index contributed by atoms with van der Waals surface area (Å²) in [6.07, 6.45) is -0.494. The lowest BCUT2D eigenvalue weighted by Crippen LogP contribution is -2.42. The molecule has 1 atom stereocenters. The van der Waals surface area contributed by atoms with Gasteiger partial charge in [-0.3, -0.25) is 0 Å². The first-order chi connectivity index (χ1) is 6.81. The van der Waals surface area contributed by atoms with Gasteiger partial charge in [0.15, 0.2) is 0 Å². The molecule has 0 saturated heterocycles. The van der Waals surface area contributed by atoms with Crippen molar-refractivity contribution in [1.29, 1.82) is 0 Å². The molecule has 1 heterocycles. The van der Waals surface area contributed by atoms with E-state index in [2.05, 4.69) is 15.3 Å². The molecule has 0 aliphatic heterocycles. The number of hydrogen-bond donors (Lipinski definition) is 2. The Bertz CT molecular complexity index is 332. The van der Waals surface area contributed by atoms with Crippen LogP contribution >= 0.6 is 11.6 Å². The highest BCUT2D eigenvalue weighted by atomic mass is 35.5. The van der Waals surface area contributed by atoms with Crippen molar-refractivity contribution >= 4 is 17.4 Å². The predicted octanol–water partition coefficient (Wildman–Crippen LogP) is 2.01. The summed E-state index contributed by atoms with van der Waals surface area (Å²) in [6, 6.07) is 1.64. The minimum absolute atomic E-state index is 0.395. The Balaban J connectivity index is 2.89. The molecule has 5 heteroatoms. The largest absolute Gasteiger partial charge is 0.391 e. The monoisotopic (exact) mass is 229 g/mol. The van der Waals surface area contributed by atoms with Gasteiger partial charge in [-0.25, -0.2) is 9.97 Å². The van der Waals surface area contributed by atoms with E-state index in [-0.39, 0.29) is 0 Å². The second kappa shape index (κ2) is 4.33. The summed E-state index contributed by atoms with van der Waals surface area (Å²) in [4.78, 5) is 8.14. The first-order valence-corrected chi connectivity index (χ1v) is 5.16. The third-order valence-electron chi connectivity index (χ3n) is 2.30. The number of anilines is 1. The van der Waals surface area contributed by atoms with Crippen LogP contribution in [-0.2, 0) is 0 Å². The van der Waals surface area contributed by atoms with Gasteiger partial charge in [-0.05, 0) is 27.7 Å². The summed E-state index contributed by atoms with van der Waals surface area (Å²) >= 11 is 5.80. The van der Waals surface area contributed by atoms with Crippen LogP contribution in [0.5, 0.6) is 0 Å². The van der Waals surface area contributed by atoms with E-state index in [1.807, 2.05) is 13.8 Å². The van der Waals surface area contributed by atoms with Crippen molar-refractivity contribution in [3.63, 3.8) is 0 Å². The zero-order valence-corrected chi connectivity index (χ0v) is 10.1. The molecule has 0 aliphatic rings. The number of rotatable bonds is 3. The van der Waals surface area contributed by atoms with Gasteiger partial charge in [0, 0.05) is 6.07 Å². The van der Waals surface area contributed by atoms with Gasteiger partial charge in [0.2, 0.25) is 0 Å². The van der Waals surface area contributed by atoms with Crippen LogP contribution in [0.15, 0.2) is 6.07 Å². The summed E-state index contributed by atoms with van der Waals surface area (Å²) < 4.78 is 0. The fourth-order valence-electron chi connectivity index (χ4n) is 1.03. The highest BCUT2D eigenvalue weighted by Crippen LogP contribution is 2.18. The Kier molecular flexibility index (Phi) is 3.52. The molecule has 0 bridgehead atoms. The van der Waals surface area contributed by atoms with Crippen molar-refractivity contribution < 1.29 is 5.11 Å². The molecule has 2 N–H and O–H groups in total. The first kappa shape index (κ1) is 12.2. The molecule has 0 spiro atoms. The van der Waals surface area contributed by atoms with E-state index >= 15 is 0 Å². The highest BCUT2D eigenvalue weighted by molar-refractivity contribution is 6.29. The predicted molar refractivity (Wildman–Crippen MR) is 61.2 cm³/mol. The fraction of sp³-hybridized carbons (Fsp3) is 0.600. The molecule has 84 valence electrons. The number of aliphatic hydroxyl groups is 1. The van der Waals surface area contributed by atoms with Gasteiger partial charge >= 0.3 is 0 Å². The van der Waals surface area contributed by atoms with E-state index in [0.717, 1.165) is 0 Å². The Labute approximate surface area is 94.7 Å². The maximum atomic E-state index is 9.54. The molecule has 0 fully saturated rings. The molecule has 0 saturated carbocycles. The SMILES string of the molecule is Cc1nc(Cl)cc(NC(C)(C)C(C)O)n1. The quantitative estimate of drug-likeness (QED) is 0.779. The second-order valence-corrected chi connectivity index (χ2v) is 4.53. The van der Waals surface area contributed by atoms with Crippen molar-refractivity contribution in [1.82, 2.24) is 9.97 Å². The molecule has 4 nitrogen and oxygen atoms in total. The van der Waals surface area contributed by atoms with Gasteiger partial charge in [0.05, 0.1) is 11.6 Å². The van der Waals surface area contributed by atoms with Crippen LogP contribution in [0.1, 0.15) is 26.6 Å². The topological polar surface area (TPSA) is 58.0 Å². The van der Waals surface area contributed by atoms with Gasteiger partial charge in [-0.2, -0.15) is 0 Å². The molecule has 1 unspecified atom stereocenters. The minimum atomic E-state index is -0.494. The molecule has 15 heavy (non-hydrogen) atoms. The smallest absolute Gasteiger partial charge is 0.134 e. The molecule has 1 aromatic rings. The van der Waals surface area contributed by atoms with E-state index in [9.17, 15) is 5.11 Å². The Morgan fingerprint density at radius 3 is 2.53 bits per heavy atom.